The van der Waals surface area contributed by atoms with Crippen molar-refractivity contribution >= 4 is 11.4 Å². The standard InChI is InChI=1S/C13H13N3O3/c1-19-13-6-11(5-12(7-13)16(17)18)15-9-10-3-2-4-14-8-10/h2-8,15H,9H2,1H3. The van der Waals surface area contributed by atoms with Crippen LogP contribution in [0.5, 0.6) is 5.75 Å². The van der Waals surface area contributed by atoms with E-state index < -0.39 is 4.92 Å². The highest BCUT2D eigenvalue weighted by atomic mass is 16.6. The number of methoxy groups -OCH3 is 1. The second-order valence-corrected chi connectivity index (χ2v) is 3.89. The van der Waals surface area contributed by atoms with E-state index in [4.69, 9.17) is 4.74 Å². The summed E-state index contributed by atoms with van der Waals surface area (Å²) in [6, 6.07) is 8.33. The average molecular weight is 259 g/mol. The van der Waals surface area contributed by atoms with Gasteiger partial charge in [0.1, 0.15) is 5.75 Å². The first kappa shape index (κ1) is 12.8. The molecule has 1 aromatic carbocycles. The number of hydrogen-bond acceptors (Lipinski definition) is 5. The van der Waals surface area contributed by atoms with Gasteiger partial charge in [-0.2, -0.15) is 0 Å². The molecule has 0 bridgehead atoms. The number of non-ortho nitro benzene ring substituents is 1. The van der Waals surface area contributed by atoms with E-state index in [1.54, 1.807) is 18.5 Å². The minimum absolute atomic E-state index is 0.00645. The smallest absolute Gasteiger partial charge is 0.275 e. The lowest BCUT2D eigenvalue weighted by Gasteiger charge is -2.08. The van der Waals surface area contributed by atoms with Crippen LogP contribution in [0.2, 0.25) is 0 Å². The Bertz CT molecular complexity index is 573. The first-order valence-electron chi connectivity index (χ1n) is 5.65. The fourth-order valence-electron chi connectivity index (χ4n) is 1.62. The van der Waals surface area contributed by atoms with E-state index in [9.17, 15) is 10.1 Å². The molecule has 0 saturated carbocycles. The van der Waals surface area contributed by atoms with E-state index in [0.717, 1.165) is 5.56 Å². The minimum atomic E-state index is -0.447. The number of anilines is 1. The molecule has 0 spiro atoms. The molecule has 0 aliphatic rings. The third-order valence-electron chi connectivity index (χ3n) is 2.56. The van der Waals surface area contributed by atoms with Gasteiger partial charge in [0, 0.05) is 36.8 Å². The Morgan fingerprint density at radius 3 is 2.89 bits per heavy atom. The molecular formula is C13H13N3O3. The second kappa shape index (κ2) is 5.81. The fraction of sp³-hybridized carbons (Fsp3) is 0.154. The van der Waals surface area contributed by atoms with Crippen molar-refractivity contribution in [1.82, 2.24) is 4.98 Å². The first-order chi connectivity index (χ1) is 9.19. The van der Waals surface area contributed by atoms with E-state index in [1.165, 1.54) is 19.2 Å². The number of nitrogens with one attached hydrogen (secondary N) is 1. The zero-order valence-electron chi connectivity index (χ0n) is 10.4. The molecular weight excluding hydrogens is 246 g/mol. The summed E-state index contributed by atoms with van der Waals surface area (Å²) >= 11 is 0. The van der Waals surface area contributed by atoms with Gasteiger partial charge in [-0.1, -0.05) is 6.07 Å². The molecule has 0 amide bonds. The molecule has 0 saturated heterocycles. The van der Waals surface area contributed by atoms with E-state index in [0.29, 0.717) is 18.0 Å². The Hall–Kier alpha value is -2.63. The van der Waals surface area contributed by atoms with Crippen molar-refractivity contribution < 1.29 is 9.66 Å². The van der Waals surface area contributed by atoms with Gasteiger partial charge in [0.15, 0.2) is 0 Å². The van der Waals surface area contributed by atoms with Crippen molar-refractivity contribution in [2.24, 2.45) is 0 Å². The van der Waals surface area contributed by atoms with Crippen molar-refractivity contribution in [1.29, 1.82) is 0 Å². The van der Waals surface area contributed by atoms with Gasteiger partial charge in [-0.05, 0) is 11.6 Å². The fourth-order valence-corrected chi connectivity index (χ4v) is 1.62. The van der Waals surface area contributed by atoms with Gasteiger partial charge in [0.25, 0.3) is 5.69 Å². The largest absolute Gasteiger partial charge is 0.496 e. The van der Waals surface area contributed by atoms with Crippen molar-refractivity contribution in [3.63, 3.8) is 0 Å². The van der Waals surface area contributed by atoms with Crippen LogP contribution in [0.25, 0.3) is 0 Å². The molecule has 0 aliphatic heterocycles. The molecule has 1 N–H and O–H groups in total. The number of nitro benzene ring substituents is 1. The number of benzene rings is 1. The van der Waals surface area contributed by atoms with E-state index in [1.807, 2.05) is 12.1 Å². The summed E-state index contributed by atoms with van der Waals surface area (Å²) in [5.74, 6) is 0.447. The van der Waals surface area contributed by atoms with Crippen LogP contribution in [0.4, 0.5) is 11.4 Å². The van der Waals surface area contributed by atoms with Crippen molar-refractivity contribution in [3.05, 3.63) is 58.4 Å². The first-order valence-corrected chi connectivity index (χ1v) is 5.65. The topological polar surface area (TPSA) is 77.3 Å². The van der Waals surface area contributed by atoms with Crippen LogP contribution in [-0.2, 0) is 6.54 Å². The zero-order valence-corrected chi connectivity index (χ0v) is 10.4. The second-order valence-electron chi connectivity index (χ2n) is 3.89. The van der Waals surface area contributed by atoms with Gasteiger partial charge in [0.05, 0.1) is 18.1 Å². The molecule has 2 rings (SSSR count). The van der Waals surface area contributed by atoms with Crippen LogP contribution in [0.1, 0.15) is 5.56 Å². The SMILES string of the molecule is COc1cc(NCc2cccnc2)cc([N+](=O)[O-])c1. The van der Waals surface area contributed by atoms with Gasteiger partial charge in [-0.15, -0.1) is 0 Å². The summed E-state index contributed by atoms with van der Waals surface area (Å²) < 4.78 is 5.04. The quantitative estimate of drug-likeness (QED) is 0.659. The predicted molar refractivity (Wildman–Crippen MR) is 71.2 cm³/mol. The van der Waals surface area contributed by atoms with Crippen molar-refractivity contribution in [2.45, 2.75) is 6.54 Å². The van der Waals surface area contributed by atoms with Gasteiger partial charge in [0.2, 0.25) is 0 Å². The predicted octanol–water partition coefficient (Wildman–Crippen LogP) is 2.61. The molecule has 0 aliphatic carbocycles. The van der Waals surface area contributed by atoms with Crippen LogP contribution in [-0.4, -0.2) is 17.0 Å². The highest BCUT2D eigenvalue weighted by molar-refractivity contribution is 5.56. The molecule has 2 aromatic rings. The van der Waals surface area contributed by atoms with Crippen LogP contribution in [0.15, 0.2) is 42.7 Å². The van der Waals surface area contributed by atoms with Crippen molar-refractivity contribution in [3.8, 4) is 5.75 Å². The summed E-state index contributed by atoms with van der Waals surface area (Å²) in [5, 5.41) is 13.9. The number of nitrogens with zero attached hydrogens (tertiary/aromatic N) is 2. The normalized spacial score (nSPS) is 9.95. The van der Waals surface area contributed by atoms with Crippen LogP contribution in [0.3, 0.4) is 0 Å². The Balaban J connectivity index is 2.15. The maximum atomic E-state index is 10.8. The summed E-state index contributed by atoms with van der Waals surface area (Å²) in [6.45, 7) is 0.540. The molecule has 6 heteroatoms. The highest BCUT2D eigenvalue weighted by Crippen LogP contribution is 2.26. The molecule has 0 radical (unpaired) electrons. The maximum absolute atomic E-state index is 10.8. The number of aromatic nitrogens is 1. The van der Waals surface area contributed by atoms with Crippen LogP contribution < -0.4 is 10.1 Å². The minimum Gasteiger partial charge on any atom is -0.496 e. The van der Waals surface area contributed by atoms with Gasteiger partial charge < -0.3 is 10.1 Å². The lowest BCUT2D eigenvalue weighted by molar-refractivity contribution is -0.384. The Labute approximate surface area is 110 Å². The van der Waals surface area contributed by atoms with Crippen molar-refractivity contribution in [2.75, 3.05) is 12.4 Å². The maximum Gasteiger partial charge on any atom is 0.275 e. The third kappa shape index (κ3) is 3.41. The number of nitro groups is 1. The van der Waals surface area contributed by atoms with Gasteiger partial charge >= 0.3 is 0 Å². The number of ether oxygens (including phenoxy) is 1. The summed E-state index contributed by atoms with van der Waals surface area (Å²) in [5.41, 5.74) is 1.62. The summed E-state index contributed by atoms with van der Waals surface area (Å²) in [4.78, 5) is 14.4. The molecule has 0 unspecified atom stereocenters. The van der Waals surface area contributed by atoms with E-state index in [2.05, 4.69) is 10.3 Å². The third-order valence-corrected chi connectivity index (χ3v) is 2.56. The molecule has 6 nitrogen and oxygen atoms in total. The van der Waals surface area contributed by atoms with Crippen LogP contribution >= 0.6 is 0 Å². The molecule has 19 heavy (non-hydrogen) atoms. The average Bonchev–Trinajstić information content (AvgIpc) is 2.45. The molecule has 1 aromatic heterocycles. The zero-order chi connectivity index (χ0) is 13.7. The number of hydrogen-bond donors (Lipinski definition) is 1. The van der Waals surface area contributed by atoms with E-state index in [-0.39, 0.29) is 5.69 Å². The Morgan fingerprint density at radius 2 is 2.26 bits per heavy atom. The number of rotatable bonds is 5. The van der Waals surface area contributed by atoms with Crippen LogP contribution in [0, 0.1) is 10.1 Å². The lowest BCUT2D eigenvalue weighted by Crippen LogP contribution is -2.01. The molecule has 1 heterocycles. The Kier molecular flexibility index (Phi) is 3.92. The molecule has 0 fully saturated rings. The highest BCUT2D eigenvalue weighted by Gasteiger charge is 2.10. The molecule has 0 atom stereocenters. The molecule has 98 valence electrons. The lowest BCUT2D eigenvalue weighted by atomic mass is 10.2. The summed E-state index contributed by atoms with van der Waals surface area (Å²) in [7, 11) is 1.48. The summed E-state index contributed by atoms with van der Waals surface area (Å²) in [6.07, 6.45) is 3.43. The Morgan fingerprint density at radius 1 is 1.42 bits per heavy atom. The van der Waals surface area contributed by atoms with Gasteiger partial charge in [-0.25, -0.2) is 0 Å². The van der Waals surface area contributed by atoms with Gasteiger partial charge in [-0.3, -0.25) is 15.1 Å². The van der Waals surface area contributed by atoms with E-state index >= 15 is 0 Å². The monoisotopic (exact) mass is 259 g/mol. The number of pyridine rings is 1.